The minimum Gasteiger partial charge on any atom is -0.334 e. The number of rotatable bonds is 7. The molecule has 0 aromatic rings. The van der Waals surface area contributed by atoms with Crippen LogP contribution in [0.2, 0.25) is 0 Å². The molecule has 0 spiro atoms. The van der Waals surface area contributed by atoms with Gasteiger partial charge in [-0.2, -0.15) is 13.2 Å². The molecule has 1 aliphatic rings. The van der Waals surface area contributed by atoms with Gasteiger partial charge in [0.05, 0.1) is 0 Å². The summed E-state index contributed by atoms with van der Waals surface area (Å²) in [4.78, 5) is 12.9. The Labute approximate surface area is 118 Å². The van der Waals surface area contributed by atoms with E-state index in [1.54, 1.807) is 0 Å². The smallest absolute Gasteiger partial charge is 0.334 e. The van der Waals surface area contributed by atoms with Crippen LogP contribution in [0, 0.1) is 5.92 Å². The van der Waals surface area contributed by atoms with E-state index in [1.165, 1.54) is 0 Å². The molecule has 0 bridgehead atoms. The summed E-state index contributed by atoms with van der Waals surface area (Å²) < 4.78 is 37.5. The first kappa shape index (κ1) is 17.3. The largest absolute Gasteiger partial charge is 0.406 e. The number of alkyl halides is 3. The van der Waals surface area contributed by atoms with Crippen molar-refractivity contribution in [1.29, 1.82) is 0 Å². The van der Waals surface area contributed by atoms with E-state index < -0.39 is 12.7 Å². The van der Waals surface area contributed by atoms with Crippen LogP contribution in [0.3, 0.4) is 0 Å². The lowest BCUT2D eigenvalue weighted by Crippen LogP contribution is -2.40. The second-order valence-electron chi connectivity index (χ2n) is 5.54. The average molecular weight is 294 g/mol. The monoisotopic (exact) mass is 294 g/mol. The molecule has 1 amide bonds. The minimum absolute atomic E-state index is 0.206. The molecule has 1 unspecified atom stereocenters. The summed E-state index contributed by atoms with van der Waals surface area (Å²) in [6, 6.07) is 0. The van der Waals surface area contributed by atoms with Crippen molar-refractivity contribution >= 4 is 5.91 Å². The standard InChI is InChI=1S/C14H25F3N2O/c1-2-3-9-19(11-14(15,16)17)13(20)7-6-12-5-4-8-18-10-12/h12,18H,2-11H2,1H3. The van der Waals surface area contributed by atoms with Crippen LogP contribution in [0.4, 0.5) is 13.2 Å². The van der Waals surface area contributed by atoms with Crippen molar-refractivity contribution < 1.29 is 18.0 Å². The fourth-order valence-electron chi connectivity index (χ4n) is 2.51. The summed E-state index contributed by atoms with van der Waals surface area (Å²) in [6.07, 6.45) is 0.157. The second-order valence-corrected chi connectivity index (χ2v) is 5.54. The van der Waals surface area contributed by atoms with Crippen molar-refractivity contribution in [2.45, 2.75) is 51.6 Å². The van der Waals surface area contributed by atoms with Gasteiger partial charge in [0.2, 0.25) is 5.91 Å². The number of halogens is 3. The molecule has 118 valence electrons. The first-order valence-corrected chi connectivity index (χ1v) is 7.47. The molecule has 1 N–H and O–H groups in total. The molecular formula is C14H25F3N2O. The Balaban J connectivity index is 2.40. The molecule has 0 aliphatic carbocycles. The predicted octanol–water partition coefficient (Wildman–Crippen LogP) is 2.96. The van der Waals surface area contributed by atoms with Crippen molar-refractivity contribution in [3.8, 4) is 0 Å². The summed E-state index contributed by atoms with van der Waals surface area (Å²) in [6.45, 7) is 2.87. The second kappa shape index (κ2) is 8.49. The first-order valence-electron chi connectivity index (χ1n) is 7.47. The Morgan fingerprint density at radius 1 is 1.40 bits per heavy atom. The third-order valence-electron chi connectivity index (χ3n) is 3.67. The number of hydrogen-bond acceptors (Lipinski definition) is 2. The predicted molar refractivity (Wildman–Crippen MR) is 72.4 cm³/mol. The first-order chi connectivity index (χ1) is 9.42. The maximum absolute atomic E-state index is 12.5. The number of unbranched alkanes of at least 4 members (excludes halogenated alkanes) is 1. The van der Waals surface area contributed by atoms with Crippen molar-refractivity contribution in [3.63, 3.8) is 0 Å². The van der Waals surface area contributed by atoms with Gasteiger partial charge in [0.15, 0.2) is 0 Å². The summed E-state index contributed by atoms with van der Waals surface area (Å²) in [5, 5.41) is 3.26. The third-order valence-corrected chi connectivity index (χ3v) is 3.67. The summed E-state index contributed by atoms with van der Waals surface area (Å²) in [7, 11) is 0. The van der Waals surface area contributed by atoms with Crippen molar-refractivity contribution in [1.82, 2.24) is 10.2 Å². The van der Waals surface area contributed by atoms with E-state index >= 15 is 0 Å². The highest BCUT2D eigenvalue weighted by Gasteiger charge is 2.32. The van der Waals surface area contributed by atoms with Gasteiger partial charge >= 0.3 is 6.18 Å². The number of hydrogen-bond donors (Lipinski definition) is 1. The highest BCUT2D eigenvalue weighted by molar-refractivity contribution is 5.76. The van der Waals surface area contributed by atoms with Gasteiger partial charge < -0.3 is 10.2 Å². The van der Waals surface area contributed by atoms with Crippen LogP contribution in [0.1, 0.15) is 45.4 Å². The van der Waals surface area contributed by atoms with E-state index in [9.17, 15) is 18.0 Å². The van der Waals surface area contributed by atoms with E-state index in [0.717, 1.165) is 37.3 Å². The van der Waals surface area contributed by atoms with Crippen molar-refractivity contribution in [2.75, 3.05) is 26.2 Å². The number of nitrogens with zero attached hydrogens (tertiary/aromatic N) is 1. The lowest BCUT2D eigenvalue weighted by Gasteiger charge is -2.26. The van der Waals surface area contributed by atoms with Crippen LogP contribution in [-0.2, 0) is 4.79 Å². The molecule has 1 aliphatic heterocycles. The van der Waals surface area contributed by atoms with Gasteiger partial charge in [-0.05, 0) is 44.7 Å². The van der Waals surface area contributed by atoms with Crippen LogP contribution in [0.5, 0.6) is 0 Å². The Morgan fingerprint density at radius 3 is 2.70 bits per heavy atom. The lowest BCUT2D eigenvalue weighted by atomic mass is 9.94. The van der Waals surface area contributed by atoms with Crippen LogP contribution in [-0.4, -0.2) is 43.2 Å². The molecule has 0 radical (unpaired) electrons. The van der Waals surface area contributed by atoms with Crippen molar-refractivity contribution in [2.24, 2.45) is 5.92 Å². The van der Waals surface area contributed by atoms with Crippen LogP contribution < -0.4 is 5.32 Å². The molecule has 0 aromatic heterocycles. The normalized spacial score (nSPS) is 19.9. The molecule has 3 nitrogen and oxygen atoms in total. The molecule has 0 saturated carbocycles. The Bertz CT molecular complexity index is 289. The molecule has 6 heteroatoms. The summed E-state index contributed by atoms with van der Waals surface area (Å²) in [5.74, 6) is 0.0629. The van der Waals surface area contributed by atoms with Crippen molar-refractivity contribution in [3.05, 3.63) is 0 Å². The molecule has 1 heterocycles. The van der Waals surface area contributed by atoms with E-state index in [4.69, 9.17) is 0 Å². The fourth-order valence-corrected chi connectivity index (χ4v) is 2.51. The van der Waals surface area contributed by atoms with Gasteiger partial charge in [-0.25, -0.2) is 0 Å². The number of carbonyl (C=O) groups is 1. The molecule has 20 heavy (non-hydrogen) atoms. The number of amides is 1. The number of carbonyl (C=O) groups excluding carboxylic acids is 1. The molecule has 1 fully saturated rings. The molecule has 0 aromatic carbocycles. The van der Waals surface area contributed by atoms with Gasteiger partial charge in [0.25, 0.3) is 0 Å². The average Bonchev–Trinajstić information content (AvgIpc) is 2.40. The van der Waals surface area contributed by atoms with Crippen LogP contribution in [0.25, 0.3) is 0 Å². The SMILES string of the molecule is CCCCN(CC(F)(F)F)C(=O)CCC1CCCNC1. The minimum atomic E-state index is -4.31. The maximum atomic E-state index is 12.5. The zero-order valence-corrected chi connectivity index (χ0v) is 12.1. The fraction of sp³-hybridized carbons (Fsp3) is 0.929. The molecule has 1 atom stereocenters. The summed E-state index contributed by atoms with van der Waals surface area (Å²) in [5.41, 5.74) is 0. The Hall–Kier alpha value is -0.780. The van der Waals surface area contributed by atoms with Gasteiger partial charge in [0, 0.05) is 13.0 Å². The Kier molecular flexibility index (Phi) is 7.34. The molecular weight excluding hydrogens is 269 g/mol. The van der Waals surface area contributed by atoms with E-state index in [-0.39, 0.29) is 18.9 Å². The summed E-state index contributed by atoms with van der Waals surface area (Å²) >= 11 is 0. The number of nitrogens with one attached hydrogen (secondary N) is 1. The van der Waals surface area contributed by atoms with Gasteiger partial charge in [-0.3, -0.25) is 4.79 Å². The zero-order valence-electron chi connectivity index (χ0n) is 12.1. The zero-order chi connectivity index (χ0) is 15.0. The van der Waals surface area contributed by atoms with E-state index in [2.05, 4.69) is 5.32 Å². The Morgan fingerprint density at radius 2 is 2.15 bits per heavy atom. The van der Waals surface area contributed by atoms with E-state index in [1.807, 2.05) is 6.92 Å². The maximum Gasteiger partial charge on any atom is 0.406 e. The molecule has 1 saturated heterocycles. The van der Waals surface area contributed by atoms with Gasteiger partial charge in [-0.15, -0.1) is 0 Å². The quantitative estimate of drug-likeness (QED) is 0.783. The highest BCUT2D eigenvalue weighted by Crippen LogP contribution is 2.20. The topological polar surface area (TPSA) is 32.3 Å². The molecule has 1 rings (SSSR count). The van der Waals surface area contributed by atoms with Gasteiger partial charge in [-0.1, -0.05) is 13.3 Å². The number of piperidine rings is 1. The third kappa shape index (κ3) is 7.12. The van der Waals surface area contributed by atoms with Crippen LogP contribution in [0.15, 0.2) is 0 Å². The highest BCUT2D eigenvalue weighted by atomic mass is 19.4. The van der Waals surface area contributed by atoms with Gasteiger partial charge in [0.1, 0.15) is 6.54 Å². The van der Waals surface area contributed by atoms with Crippen LogP contribution >= 0.6 is 0 Å². The van der Waals surface area contributed by atoms with E-state index in [0.29, 0.717) is 18.8 Å². The lowest BCUT2D eigenvalue weighted by molar-refractivity contribution is -0.161.